The largest absolute Gasteiger partial charge is 0.461 e. The van der Waals surface area contributed by atoms with E-state index in [1.54, 1.807) is 48.5 Å². The van der Waals surface area contributed by atoms with Crippen molar-refractivity contribution in [3.8, 4) is 0 Å². The molecule has 258 valence electrons. The van der Waals surface area contributed by atoms with Crippen LogP contribution in [0.25, 0.3) is 0 Å². The second-order valence-corrected chi connectivity index (χ2v) is 13.6. The van der Waals surface area contributed by atoms with Gasteiger partial charge in [-0.1, -0.05) is 63.3 Å². The number of hydrogen-bond donors (Lipinski definition) is 0. The highest BCUT2D eigenvalue weighted by Crippen LogP contribution is 2.51. The Morgan fingerprint density at radius 1 is 0.391 bits per heavy atom. The second kappa shape index (κ2) is 18.3. The number of carbonyl (C=O) groups is 5. The van der Waals surface area contributed by atoms with E-state index in [4.69, 9.17) is 23.7 Å². The first-order valence-corrected chi connectivity index (χ1v) is 15.1. The summed E-state index contributed by atoms with van der Waals surface area (Å²) in [5.41, 5.74) is -6.94. The average Bonchev–Trinajstić information content (AvgIpc) is 2.97. The van der Waals surface area contributed by atoms with E-state index in [0.29, 0.717) is 0 Å². The third-order valence-electron chi connectivity index (χ3n) is 7.47. The summed E-state index contributed by atoms with van der Waals surface area (Å²) in [6.45, 7) is 28.8. The van der Waals surface area contributed by atoms with Gasteiger partial charge < -0.3 is 23.7 Å². The van der Waals surface area contributed by atoms with E-state index in [-0.39, 0.29) is 58.7 Å². The number of rotatable bonds is 23. The third-order valence-corrected chi connectivity index (χ3v) is 7.47. The predicted molar refractivity (Wildman–Crippen MR) is 176 cm³/mol. The van der Waals surface area contributed by atoms with Gasteiger partial charge in [-0.05, 0) is 74.1 Å². The van der Waals surface area contributed by atoms with E-state index in [2.05, 4.69) is 32.9 Å². The summed E-state index contributed by atoms with van der Waals surface area (Å²) < 4.78 is 27.1. The van der Waals surface area contributed by atoms with E-state index in [0.717, 1.165) is 0 Å². The van der Waals surface area contributed by atoms with Gasteiger partial charge in [-0.3, -0.25) is 24.0 Å². The molecule has 0 aliphatic heterocycles. The molecule has 0 aromatic carbocycles. The zero-order valence-electron chi connectivity index (χ0n) is 28.9. The molecule has 2 atom stereocenters. The van der Waals surface area contributed by atoms with Crippen LogP contribution in [0.5, 0.6) is 0 Å². The van der Waals surface area contributed by atoms with Gasteiger partial charge in [0.05, 0.1) is 27.1 Å². The molecule has 0 amide bonds. The third kappa shape index (κ3) is 12.4. The van der Waals surface area contributed by atoms with E-state index in [1.807, 2.05) is 0 Å². The normalized spacial score (nSPS) is 15.3. The highest BCUT2D eigenvalue weighted by Gasteiger charge is 2.55. The van der Waals surface area contributed by atoms with Crippen LogP contribution < -0.4 is 0 Å². The van der Waals surface area contributed by atoms with E-state index in [1.165, 1.54) is 30.4 Å². The lowest BCUT2D eigenvalue weighted by atomic mass is 9.60. The fourth-order valence-electron chi connectivity index (χ4n) is 6.02. The Morgan fingerprint density at radius 2 is 0.587 bits per heavy atom. The molecule has 0 bridgehead atoms. The zero-order valence-corrected chi connectivity index (χ0v) is 28.9. The molecule has 2 unspecified atom stereocenters. The van der Waals surface area contributed by atoms with Gasteiger partial charge in [-0.15, -0.1) is 0 Å². The lowest BCUT2D eigenvalue weighted by Crippen LogP contribution is -2.48. The van der Waals surface area contributed by atoms with Crippen molar-refractivity contribution in [2.24, 2.45) is 27.1 Å². The van der Waals surface area contributed by atoms with Gasteiger partial charge in [0.2, 0.25) is 0 Å². The summed E-state index contributed by atoms with van der Waals surface area (Å²) in [6, 6.07) is 0. The van der Waals surface area contributed by atoms with Crippen molar-refractivity contribution >= 4 is 29.8 Å². The van der Waals surface area contributed by atoms with Gasteiger partial charge in [0.25, 0.3) is 0 Å². The van der Waals surface area contributed by atoms with Gasteiger partial charge in [0.15, 0.2) is 0 Å². The molecular formula is C36H54O10. The molecule has 0 fully saturated rings. The van der Waals surface area contributed by atoms with Gasteiger partial charge >= 0.3 is 29.8 Å². The maximum absolute atomic E-state index is 13.9. The molecule has 0 rings (SSSR count). The summed E-state index contributed by atoms with van der Waals surface area (Å²) in [7, 11) is 0. The summed E-state index contributed by atoms with van der Waals surface area (Å²) in [5.74, 6) is -3.27. The molecule has 0 aliphatic carbocycles. The summed E-state index contributed by atoms with van der Waals surface area (Å²) in [6.07, 6.45) is 6.45. The van der Waals surface area contributed by atoms with Crippen molar-refractivity contribution < 1.29 is 47.7 Å². The molecule has 0 heterocycles. The quantitative estimate of drug-likeness (QED) is 0.0712. The molecule has 0 aromatic heterocycles. The van der Waals surface area contributed by atoms with Crippen molar-refractivity contribution in [1.29, 1.82) is 0 Å². The van der Waals surface area contributed by atoms with Gasteiger partial charge in [0, 0.05) is 0 Å². The molecule has 10 heteroatoms. The topological polar surface area (TPSA) is 132 Å². The van der Waals surface area contributed by atoms with Crippen molar-refractivity contribution in [2.45, 2.75) is 74.1 Å². The Labute approximate surface area is 274 Å². The van der Waals surface area contributed by atoms with E-state index < -0.39 is 56.9 Å². The number of ether oxygens (including phenoxy) is 5. The molecule has 0 aliphatic rings. The average molecular weight is 647 g/mol. The first kappa shape index (κ1) is 42.0. The van der Waals surface area contributed by atoms with Crippen molar-refractivity contribution in [3.63, 3.8) is 0 Å². The summed E-state index contributed by atoms with van der Waals surface area (Å²) >= 11 is 0. The van der Waals surface area contributed by atoms with Crippen LogP contribution in [0.3, 0.4) is 0 Å². The van der Waals surface area contributed by atoms with Crippen LogP contribution in [0.4, 0.5) is 0 Å². The van der Waals surface area contributed by atoms with Crippen LogP contribution >= 0.6 is 0 Å². The van der Waals surface area contributed by atoms with Gasteiger partial charge in [-0.25, -0.2) is 0 Å². The SMILES string of the molecule is C=CCOC(=O)C(C)(C)CC(C)(CC(C)(CC(C)(CC(C)(C)C(=O)OCC=C)C(=O)OCC=C)C(=O)OCC=C)C(=O)OCC=C. The highest BCUT2D eigenvalue weighted by molar-refractivity contribution is 5.85. The molecule has 0 saturated heterocycles. The predicted octanol–water partition coefficient (Wildman–Crippen LogP) is 6.26. The van der Waals surface area contributed by atoms with E-state index in [9.17, 15) is 24.0 Å². The van der Waals surface area contributed by atoms with Crippen LogP contribution in [0.1, 0.15) is 74.1 Å². The molecule has 0 saturated carbocycles. The number of esters is 5. The number of carbonyl (C=O) groups excluding carboxylic acids is 5. The summed E-state index contributed by atoms with van der Waals surface area (Å²) in [4.78, 5) is 67.5. The molecular weight excluding hydrogens is 592 g/mol. The Morgan fingerprint density at radius 3 is 0.804 bits per heavy atom. The van der Waals surface area contributed by atoms with Crippen LogP contribution in [-0.2, 0) is 47.7 Å². The molecule has 0 spiro atoms. The van der Waals surface area contributed by atoms with Crippen LogP contribution in [0.15, 0.2) is 63.3 Å². The minimum absolute atomic E-state index is 0.0261. The number of hydrogen-bond acceptors (Lipinski definition) is 10. The smallest absolute Gasteiger partial charge is 0.312 e. The van der Waals surface area contributed by atoms with E-state index >= 15 is 0 Å². The molecule has 10 nitrogen and oxygen atoms in total. The van der Waals surface area contributed by atoms with Crippen LogP contribution in [0.2, 0.25) is 0 Å². The highest BCUT2D eigenvalue weighted by atomic mass is 16.5. The van der Waals surface area contributed by atoms with Crippen molar-refractivity contribution in [1.82, 2.24) is 0 Å². The molecule has 0 radical (unpaired) electrons. The Bertz CT molecular complexity index is 1070. The van der Waals surface area contributed by atoms with Crippen molar-refractivity contribution in [3.05, 3.63) is 63.3 Å². The Balaban J connectivity index is 7.20. The van der Waals surface area contributed by atoms with Crippen molar-refractivity contribution in [2.75, 3.05) is 33.0 Å². The zero-order chi connectivity index (χ0) is 35.8. The standard InChI is InChI=1S/C36H54O10/c1-13-18-42-27(37)32(6,7)23-34(10,29(39)44-20-15-3)25-36(12,31(41)46-22-17-5)26-35(11,30(40)45-21-16-4)24-33(8,9)28(38)43-19-14-2/h13-17H,1-5,18-26H2,6-12H3. The molecule has 46 heavy (non-hydrogen) atoms. The second-order valence-electron chi connectivity index (χ2n) is 13.6. The first-order valence-electron chi connectivity index (χ1n) is 15.1. The van der Waals surface area contributed by atoms with Crippen LogP contribution in [-0.4, -0.2) is 62.9 Å². The monoisotopic (exact) mass is 646 g/mol. The lowest BCUT2D eigenvalue weighted by Gasteiger charge is -2.44. The molecule has 0 N–H and O–H groups in total. The first-order chi connectivity index (χ1) is 21.2. The maximum atomic E-state index is 13.9. The summed E-state index contributed by atoms with van der Waals surface area (Å²) in [5, 5.41) is 0. The lowest BCUT2D eigenvalue weighted by molar-refractivity contribution is -0.172. The Kier molecular flexibility index (Phi) is 16.7. The fraction of sp³-hybridized carbons (Fsp3) is 0.583. The Hall–Kier alpha value is -3.95. The van der Waals surface area contributed by atoms with Gasteiger partial charge in [0.1, 0.15) is 33.0 Å². The fourth-order valence-corrected chi connectivity index (χ4v) is 6.02. The van der Waals surface area contributed by atoms with Crippen LogP contribution in [0, 0.1) is 27.1 Å². The minimum atomic E-state index is -1.56. The molecule has 0 aromatic rings. The minimum Gasteiger partial charge on any atom is -0.461 e. The van der Waals surface area contributed by atoms with Gasteiger partial charge in [-0.2, -0.15) is 0 Å². The maximum Gasteiger partial charge on any atom is 0.312 e.